The van der Waals surface area contributed by atoms with Crippen molar-refractivity contribution in [1.82, 2.24) is 14.5 Å². The number of aromatic nitrogens is 2. The molecule has 2 saturated heterocycles. The average Bonchev–Trinajstić information content (AvgIpc) is 3.54. The van der Waals surface area contributed by atoms with Crippen molar-refractivity contribution in [1.29, 1.82) is 0 Å². The van der Waals surface area contributed by atoms with E-state index in [1.807, 2.05) is 17.5 Å². The molecule has 2 N–H and O–H groups in total. The highest BCUT2D eigenvalue weighted by molar-refractivity contribution is 7.15. The minimum atomic E-state index is -0.250. The Balaban J connectivity index is 0.000000687. The number of hydrogen-bond donors (Lipinski definition) is 2. The van der Waals surface area contributed by atoms with Crippen LogP contribution >= 0.6 is 11.3 Å². The van der Waals surface area contributed by atoms with Crippen LogP contribution in [0.2, 0.25) is 0 Å². The smallest absolute Gasteiger partial charge is 0.290 e. The highest BCUT2D eigenvalue weighted by Crippen LogP contribution is 2.41. The van der Waals surface area contributed by atoms with Crippen LogP contribution in [-0.4, -0.2) is 69.6 Å². The molecule has 0 amide bonds. The number of aliphatic hydroxyl groups is 1. The van der Waals surface area contributed by atoms with Crippen LogP contribution in [0.4, 0.5) is 0 Å². The maximum Gasteiger partial charge on any atom is 0.290 e. The molecule has 30 heavy (non-hydrogen) atoms. The van der Waals surface area contributed by atoms with Gasteiger partial charge in [-0.05, 0) is 43.7 Å². The normalized spacial score (nSPS) is 26.9. The number of carbonyl (C=O) groups is 1. The van der Waals surface area contributed by atoms with Gasteiger partial charge in [-0.2, -0.15) is 0 Å². The van der Waals surface area contributed by atoms with Gasteiger partial charge in [0.25, 0.3) is 6.47 Å². The number of nitrogens with zero attached hydrogens (tertiary/aromatic N) is 3. The van der Waals surface area contributed by atoms with Crippen LogP contribution in [0.1, 0.15) is 55.4 Å². The average molecular weight is 434 g/mol. The summed E-state index contributed by atoms with van der Waals surface area (Å²) in [5.41, 5.74) is 0. The summed E-state index contributed by atoms with van der Waals surface area (Å²) in [5.74, 6) is 1.90. The summed E-state index contributed by atoms with van der Waals surface area (Å²) in [6, 6.07) is 5.57. The summed E-state index contributed by atoms with van der Waals surface area (Å²) in [4.78, 5) is 18.5. The first-order valence-corrected chi connectivity index (χ1v) is 11.7. The monoisotopic (exact) mass is 433 g/mol. The molecule has 164 valence electrons. The largest absolute Gasteiger partial charge is 0.483 e. The Morgan fingerprint density at radius 2 is 2.03 bits per heavy atom. The maximum atomic E-state index is 9.19. The molecule has 8 heteroatoms. The number of fused-ring (bicyclic) bond motifs is 1. The highest BCUT2D eigenvalue weighted by Gasteiger charge is 2.38. The second-order valence-electron chi connectivity index (χ2n) is 8.41. The molecule has 3 atom stereocenters. The Kier molecular flexibility index (Phi) is 7.20. The van der Waals surface area contributed by atoms with Crippen molar-refractivity contribution in [2.24, 2.45) is 0 Å². The Morgan fingerprint density at radius 1 is 1.23 bits per heavy atom. The number of rotatable bonds is 5. The molecular formula is C22H31N3O4S. The van der Waals surface area contributed by atoms with Crippen molar-refractivity contribution in [2.45, 2.75) is 62.6 Å². The van der Waals surface area contributed by atoms with E-state index < -0.39 is 0 Å². The van der Waals surface area contributed by atoms with Crippen molar-refractivity contribution in [3.05, 3.63) is 29.4 Å². The lowest BCUT2D eigenvalue weighted by Crippen LogP contribution is -2.46. The molecule has 0 bridgehead atoms. The van der Waals surface area contributed by atoms with Crippen LogP contribution in [0.25, 0.3) is 10.7 Å². The molecule has 1 aliphatic carbocycles. The number of carboxylic acid groups (broad SMARTS) is 1. The van der Waals surface area contributed by atoms with E-state index in [0.717, 1.165) is 44.3 Å². The predicted octanol–water partition coefficient (Wildman–Crippen LogP) is 3.37. The Bertz CT molecular complexity index is 817. The number of aliphatic hydroxyl groups excluding tert-OH is 1. The van der Waals surface area contributed by atoms with Crippen LogP contribution < -0.4 is 0 Å². The van der Waals surface area contributed by atoms with Gasteiger partial charge in [0, 0.05) is 49.1 Å². The fraction of sp³-hybridized carbons (Fsp3) is 0.636. The summed E-state index contributed by atoms with van der Waals surface area (Å²) in [7, 11) is 0. The first-order valence-electron chi connectivity index (χ1n) is 10.9. The van der Waals surface area contributed by atoms with Crippen molar-refractivity contribution in [2.75, 3.05) is 26.3 Å². The van der Waals surface area contributed by atoms with Crippen molar-refractivity contribution in [3.8, 4) is 10.7 Å². The Hall–Kier alpha value is -1.74. The van der Waals surface area contributed by atoms with Gasteiger partial charge in [0.1, 0.15) is 5.82 Å². The Morgan fingerprint density at radius 3 is 2.80 bits per heavy atom. The molecule has 5 rings (SSSR count). The lowest BCUT2D eigenvalue weighted by Gasteiger charge is -2.34. The van der Waals surface area contributed by atoms with Gasteiger partial charge in [0.05, 0.1) is 17.6 Å². The van der Waals surface area contributed by atoms with Crippen LogP contribution in [-0.2, 0) is 9.53 Å². The molecule has 0 radical (unpaired) electrons. The van der Waals surface area contributed by atoms with Crippen LogP contribution in [0, 0.1) is 0 Å². The Labute approximate surface area is 181 Å². The zero-order valence-electron chi connectivity index (χ0n) is 17.2. The van der Waals surface area contributed by atoms with Gasteiger partial charge in [-0.3, -0.25) is 9.69 Å². The summed E-state index contributed by atoms with van der Waals surface area (Å²) in [6.45, 7) is 2.74. The topological polar surface area (TPSA) is 87.8 Å². The van der Waals surface area contributed by atoms with Crippen molar-refractivity contribution >= 4 is 17.8 Å². The summed E-state index contributed by atoms with van der Waals surface area (Å²) < 4.78 is 8.34. The van der Waals surface area contributed by atoms with Gasteiger partial charge < -0.3 is 19.5 Å². The molecule has 1 saturated carbocycles. The number of imidazole rings is 1. The number of ether oxygens (including phenoxy) is 1. The van der Waals surface area contributed by atoms with Crippen molar-refractivity contribution < 1.29 is 19.7 Å². The first-order chi connectivity index (χ1) is 14.7. The van der Waals surface area contributed by atoms with Crippen LogP contribution in [0.3, 0.4) is 0 Å². The third-order valence-electron chi connectivity index (χ3n) is 6.59. The SMILES string of the molecule is O=CO.OCC[C@H]1CN2C[C@H](n3ccnc3-c3ccc(C4CCCC4)s3)C[C@H]2CO1. The highest BCUT2D eigenvalue weighted by atomic mass is 32.1. The summed E-state index contributed by atoms with van der Waals surface area (Å²) in [6.07, 6.45) is 11.6. The molecule has 3 fully saturated rings. The third kappa shape index (κ3) is 4.61. The molecule has 0 spiro atoms. The fourth-order valence-corrected chi connectivity index (χ4v) is 6.32. The molecule has 4 heterocycles. The maximum absolute atomic E-state index is 9.19. The van der Waals surface area contributed by atoms with Crippen molar-refractivity contribution in [3.63, 3.8) is 0 Å². The molecule has 7 nitrogen and oxygen atoms in total. The van der Waals surface area contributed by atoms with Gasteiger partial charge in [0.15, 0.2) is 0 Å². The van der Waals surface area contributed by atoms with E-state index in [4.69, 9.17) is 19.6 Å². The fourth-order valence-electron chi connectivity index (χ4n) is 5.14. The molecule has 2 aliphatic heterocycles. The third-order valence-corrected chi connectivity index (χ3v) is 7.83. The zero-order valence-corrected chi connectivity index (χ0v) is 18.0. The van der Waals surface area contributed by atoms with E-state index >= 15 is 0 Å². The second-order valence-corrected chi connectivity index (χ2v) is 9.53. The summed E-state index contributed by atoms with van der Waals surface area (Å²) in [5, 5.41) is 16.1. The standard InChI is InChI=1S/C21H29N3O2S.CH2O2/c25-10-7-18-13-23-12-16(11-17(23)14-26-18)24-9-8-22-21(24)20-6-5-19(27-20)15-3-1-2-4-15;2-1-3/h5-6,8-9,15-18,25H,1-4,7,10-14H2;1H,(H,2,3)/t16-,17+,18+;/m1./s1. The van der Waals surface area contributed by atoms with Gasteiger partial charge in [-0.25, -0.2) is 4.98 Å². The molecule has 0 unspecified atom stereocenters. The summed E-state index contributed by atoms with van der Waals surface area (Å²) >= 11 is 1.94. The number of thiophene rings is 1. The van der Waals surface area contributed by atoms with Crippen LogP contribution in [0.5, 0.6) is 0 Å². The van der Waals surface area contributed by atoms with E-state index in [1.54, 1.807) is 4.88 Å². The predicted molar refractivity (Wildman–Crippen MR) is 116 cm³/mol. The molecule has 2 aromatic rings. The molecule has 2 aromatic heterocycles. The minimum Gasteiger partial charge on any atom is -0.483 e. The van der Waals surface area contributed by atoms with Gasteiger partial charge >= 0.3 is 0 Å². The lowest BCUT2D eigenvalue weighted by atomic mass is 10.1. The van der Waals surface area contributed by atoms with Gasteiger partial charge in [-0.15, -0.1) is 11.3 Å². The second kappa shape index (κ2) is 10.0. The number of hydrogen-bond acceptors (Lipinski definition) is 6. The van der Waals surface area contributed by atoms with E-state index in [0.29, 0.717) is 12.1 Å². The first kappa shape index (κ1) is 21.5. The zero-order chi connectivity index (χ0) is 20.9. The van der Waals surface area contributed by atoms with E-state index in [1.165, 1.54) is 30.6 Å². The quantitative estimate of drug-likeness (QED) is 0.703. The van der Waals surface area contributed by atoms with E-state index in [2.05, 4.69) is 27.8 Å². The van der Waals surface area contributed by atoms with Crippen LogP contribution in [0.15, 0.2) is 24.5 Å². The lowest BCUT2D eigenvalue weighted by molar-refractivity contribution is -0.122. The van der Waals surface area contributed by atoms with Gasteiger partial charge in [-0.1, -0.05) is 12.8 Å². The molecular weight excluding hydrogens is 402 g/mol. The van der Waals surface area contributed by atoms with E-state index in [-0.39, 0.29) is 19.2 Å². The number of morpholine rings is 1. The van der Waals surface area contributed by atoms with Gasteiger partial charge in [0.2, 0.25) is 0 Å². The van der Waals surface area contributed by atoms with E-state index in [9.17, 15) is 5.11 Å². The molecule has 3 aliphatic rings. The minimum absolute atomic E-state index is 0.179. The molecule has 0 aromatic carbocycles.